The van der Waals surface area contributed by atoms with Crippen molar-refractivity contribution in [3.05, 3.63) is 0 Å². The second-order valence-corrected chi connectivity index (χ2v) is 7.95. The van der Waals surface area contributed by atoms with Crippen LogP contribution >= 0.6 is 0 Å². The van der Waals surface area contributed by atoms with E-state index in [-0.39, 0.29) is 25.9 Å². The summed E-state index contributed by atoms with van der Waals surface area (Å²) >= 11 is 0. The minimum atomic E-state index is -5.34. The highest BCUT2D eigenvalue weighted by Gasteiger charge is 2.81. The second-order valence-electron chi connectivity index (χ2n) is 7.95. The number of esters is 1. The Hall–Kier alpha value is -0.920. The van der Waals surface area contributed by atoms with Crippen molar-refractivity contribution in [2.45, 2.75) is 64.2 Å². The molecular weight excluding hydrogens is 335 g/mol. The first kappa shape index (κ1) is 19.4. The topological polar surface area (TPSA) is 46.5 Å². The molecule has 0 saturated heterocycles. The molecular formula is C16H23F5O3. The van der Waals surface area contributed by atoms with E-state index in [2.05, 4.69) is 0 Å². The molecule has 8 heteroatoms. The van der Waals surface area contributed by atoms with E-state index in [4.69, 9.17) is 4.74 Å². The summed E-state index contributed by atoms with van der Waals surface area (Å²) in [4.78, 5) is 11.6. The zero-order valence-electron chi connectivity index (χ0n) is 13.9. The maximum Gasteiger partial charge on any atom is 0.423 e. The van der Waals surface area contributed by atoms with E-state index in [0.717, 1.165) is 0 Å². The van der Waals surface area contributed by atoms with E-state index < -0.39 is 46.8 Å². The number of halogens is 5. The van der Waals surface area contributed by atoms with Crippen molar-refractivity contribution in [1.29, 1.82) is 0 Å². The number of alkyl halides is 5. The second kappa shape index (κ2) is 5.81. The van der Waals surface area contributed by atoms with Crippen molar-refractivity contribution in [2.24, 2.45) is 23.2 Å². The van der Waals surface area contributed by atoms with Gasteiger partial charge in [0.15, 0.2) is 0 Å². The number of carbonyl (C=O) groups excluding carboxylic acids is 1. The first-order valence-electron chi connectivity index (χ1n) is 8.07. The Kier molecular flexibility index (Phi) is 4.70. The van der Waals surface area contributed by atoms with Gasteiger partial charge in [-0.05, 0) is 52.4 Å². The smallest absolute Gasteiger partial charge is 0.423 e. The summed E-state index contributed by atoms with van der Waals surface area (Å²) < 4.78 is 72.2. The molecule has 0 aromatic carbocycles. The highest BCUT2D eigenvalue weighted by atomic mass is 19.4. The molecule has 2 fully saturated rings. The Bertz CT molecular complexity index is 497. The fourth-order valence-electron chi connectivity index (χ4n) is 3.93. The molecule has 0 heterocycles. The summed E-state index contributed by atoms with van der Waals surface area (Å²) in [5.41, 5.74) is -4.58. The molecule has 2 bridgehead atoms. The minimum Gasteiger partial charge on any atom is -0.465 e. The largest absolute Gasteiger partial charge is 0.465 e. The maximum absolute atomic E-state index is 14.2. The van der Waals surface area contributed by atoms with E-state index in [1.165, 1.54) is 0 Å². The van der Waals surface area contributed by atoms with Crippen LogP contribution in [0.15, 0.2) is 0 Å². The lowest BCUT2D eigenvalue weighted by molar-refractivity contribution is -0.351. The Morgan fingerprint density at radius 3 is 2.25 bits per heavy atom. The highest BCUT2D eigenvalue weighted by molar-refractivity contribution is 5.75. The van der Waals surface area contributed by atoms with Gasteiger partial charge in [0.2, 0.25) is 5.60 Å². The van der Waals surface area contributed by atoms with Crippen LogP contribution < -0.4 is 0 Å². The predicted molar refractivity (Wildman–Crippen MR) is 75.3 cm³/mol. The van der Waals surface area contributed by atoms with Crippen LogP contribution in [0, 0.1) is 23.2 Å². The molecule has 0 radical (unpaired) electrons. The van der Waals surface area contributed by atoms with Gasteiger partial charge in [0.05, 0.1) is 12.0 Å². The van der Waals surface area contributed by atoms with Gasteiger partial charge in [-0.1, -0.05) is 0 Å². The number of rotatable bonds is 4. The number of hydrogen-bond acceptors (Lipinski definition) is 3. The molecule has 140 valence electrons. The standard InChI is InChI=1S/C16H23F5O3/c1-13(2,3)12(22)24-6-4-5-9-7-10-8-11(9)15(17,18)14(10,23)16(19,20)21/h9-11,23H,4-8H2,1-3H3. The Labute approximate surface area is 137 Å². The van der Waals surface area contributed by atoms with Gasteiger partial charge in [-0.3, -0.25) is 4.79 Å². The van der Waals surface area contributed by atoms with Crippen molar-refractivity contribution < 1.29 is 36.6 Å². The summed E-state index contributed by atoms with van der Waals surface area (Å²) in [7, 11) is 0. The zero-order chi connectivity index (χ0) is 18.6. The van der Waals surface area contributed by atoms with Gasteiger partial charge in [-0.25, -0.2) is 8.78 Å². The molecule has 4 unspecified atom stereocenters. The van der Waals surface area contributed by atoms with Crippen LogP contribution in [-0.2, 0) is 9.53 Å². The van der Waals surface area contributed by atoms with E-state index in [9.17, 15) is 31.9 Å². The molecule has 3 nitrogen and oxygen atoms in total. The SMILES string of the molecule is CC(C)(C)C(=O)OCCCC1CC2CC1C(F)(F)C2(O)C(F)(F)F. The normalized spacial score (nSPS) is 35.3. The monoisotopic (exact) mass is 358 g/mol. The van der Waals surface area contributed by atoms with Crippen LogP contribution in [0.25, 0.3) is 0 Å². The van der Waals surface area contributed by atoms with Crippen LogP contribution in [0.4, 0.5) is 22.0 Å². The third-order valence-corrected chi connectivity index (χ3v) is 5.26. The summed E-state index contributed by atoms with van der Waals surface area (Å²) in [6.07, 6.45) is -5.18. The summed E-state index contributed by atoms with van der Waals surface area (Å²) in [6, 6.07) is 0. The van der Waals surface area contributed by atoms with Crippen molar-refractivity contribution >= 4 is 5.97 Å². The summed E-state index contributed by atoms with van der Waals surface area (Å²) in [5, 5.41) is 9.65. The Balaban J connectivity index is 1.91. The van der Waals surface area contributed by atoms with Gasteiger partial charge >= 0.3 is 12.1 Å². The fraction of sp³-hybridized carbons (Fsp3) is 0.938. The predicted octanol–water partition coefficient (Wildman–Crippen LogP) is 3.94. The van der Waals surface area contributed by atoms with E-state index >= 15 is 0 Å². The van der Waals surface area contributed by atoms with Gasteiger partial charge in [-0.2, -0.15) is 13.2 Å². The lowest BCUT2D eigenvalue weighted by Crippen LogP contribution is -2.63. The molecule has 2 aliphatic carbocycles. The van der Waals surface area contributed by atoms with Crippen LogP contribution in [0.3, 0.4) is 0 Å². The third kappa shape index (κ3) is 2.91. The lowest BCUT2D eigenvalue weighted by Gasteiger charge is -2.43. The van der Waals surface area contributed by atoms with Gasteiger partial charge in [0.25, 0.3) is 5.92 Å². The molecule has 0 aliphatic heterocycles. The van der Waals surface area contributed by atoms with Crippen LogP contribution in [-0.4, -0.2) is 35.4 Å². The third-order valence-electron chi connectivity index (χ3n) is 5.26. The van der Waals surface area contributed by atoms with Gasteiger partial charge < -0.3 is 9.84 Å². The summed E-state index contributed by atoms with van der Waals surface area (Å²) in [5.74, 6) is -8.14. The zero-order valence-corrected chi connectivity index (χ0v) is 13.9. The van der Waals surface area contributed by atoms with E-state index in [1.807, 2.05) is 0 Å². The summed E-state index contributed by atoms with van der Waals surface area (Å²) in [6.45, 7) is 5.11. The number of aliphatic hydroxyl groups is 1. The van der Waals surface area contributed by atoms with Crippen molar-refractivity contribution in [2.75, 3.05) is 6.61 Å². The van der Waals surface area contributed by atoms with Crippen molar-refractivity contribution in [1.82, 2.24) is 0 Å². The van der Waals surface area contributed by atoms with Crippen LogP contribution in [0.2, 0.25) is 0 Å². The van der Waals surface area contributed by atoms with Crippen LogP contribution in [0.5, 0.6) is 0 Å². The van der Waals surface area contributed by atoms with Crippen molar-refractivity contribution in [3.63, 3.8) is 0 Å². The minimum absolute atomic E-state index is 0.0547. The Morgan fingerprint density at radius 1 is 1.21 bits per heavy atom. The highest BCUT2D eigenvalue weighted by Crippen LogP contribution is 2.66. The molecule has 24 heavy (non-hydrogen) atoms. The van der Waals surface area contributed by atoms with Crippen LogP contribution in [0.1, 0.15) is 46.5 Å². The molecule has 0 spiro atoms. The average Bonchev–Trinajstić information content (AvgIpc) is 2.91. The number of fused-ring (bicyclic) bond motifs is 2. The maximum atomic E-state index is 14.2. The molecule has 2 aliphatic rings. The van der Waals surface area contributed by atoms with E-state index in [1.54, 1.807) is 20.8 Å². The first-order chi connectivity index (χ1) is 10.7. The molecule has 0 aromatic heterocycles. The molecule has 2 rings (SSSR count). The molecule has 0 amide bonds. The molecule has 4 atom stereocenters. The Morgan fingerprint density at radius 2 is 1.79 bits per heavy atom. The lowest BCUT2D eigenvalue weighted by atomic mass is 9.74. The number of hydrogen-bond donors (Lipinski definition) is 1. The van der Waals surface area contributed by atoms with Gasteiger partial charge in [-0.15, -0.1) is 0 Å². The first-order valence-corrected chi connectivity index (χ1v) is 8.07. The van der Waals surface area contributed by atoms with Crippen molar-refractivity contribution in [3.8, 4) is 0 Å². The molecule has 2 saturated carbocycles. The fourth-order valence-corrected chi connectivity index (χ4v) is 3.93. The van der Waals surface area contributed by atoms with Gasteiger partial charge in [0.1, 0.15) is 0 Å². The average molecular weight is 358 g/mol. The molecule has 0 aromatic rings. The van der Waals surface area contributed by atoms with E-state index in [0.29, 0.717) is 6.42 Å². The quantitative estimate of drug-likeness (QED) is 0.470. The molecule has 1 N–H and O–H groups in total. The number of ether oxygens (including phenoxy) is 1. The number of carbonyl (C=O) groups is 1. The van der Waals surface area contributed by atoms with Gasteiger partial charge in [0, 0.05) is 11.8 Å².